The molecule has 0 aromatic rings. The van der Waals surface area contributed by atoms with Gasteiger partial charge in [-0.15, -0.1) is 0 Å². The second-order valence-electron chi connectivity index (χ2n) is 3.55. The van der Waals surface area contributed by atoms with Crippen molar-refractivity contribution in [2.45, 2.75) is 45.6 Å². The van der Waals surface area contributed by atoms with Gasteiger partial charge in [-0.25, -0.2) is 0 Å². The van der Waals surface area contributed by atoms with Gasteiger partial charge in [0.05, 0.1) is 13.2 Å². The maximum atomic E-state index is 10.6. The third kappa shape index (κ3) is 9.69. The summed E-state index contributed by atoms with van der Waals surface area (Å²) in [6.07, 6.45) is 4.08. The third-order valence-electron chi connectivity index (χ3n) is 1.98. The Morgan fingerprint density at radius 2 is 2.07 bits per heavy atom. The van der Waals surface area contributed by atoms with E-state index in [4.69, 9.17) is 14.6 Å². The minimum absolute atomic E-state index is 0.186. The summed E-state index contributed by atoms with van der Waals surface area (Å²) in [6.45, 7) is 4.24. The monoisotopic (exact) mass is 218 g/mol. The van der Waals surface area contributed by atoms with E-state index in [0.29, 0.717) is 6.61 Å². The van der Waals surface area contributed by atoms with E-state index in [9.17, 15) is 4.79 Å². The van der Waals surface area contributed by atoms with Crippen LogP contribution in [-0.2, 0) is 14.3 Å². The van der Waals surface area contributed by atoms with Gasteiger partial charge in [-0.3, -0.25) is 4.79 Å². The Kier molecular flexibility index (Phi) is 9.52. The van der Waals surface area contributed by atoms with Crippen molar-refractivity contribution in [3.63, 3.8) is 0 Å². The molecule has 0 aliphatic carbocycles. The summed E-state index contributed by atoms with van der Waals surface area (Å²) < 4.78 is 10.1. The summed E-state index contributed by atoms with van der Waals surface area (Å²) in [5, 5.41) is 8.86. The maximum Gasteiger partial charge on any atom is 0.303 e. The van der Waals surface area contributed by atoms with Gasteiger partial charge >= 0.3 is 5.97 Å². The summed E-state index contributed by atoms with van der Waals surface area (Å²) >= 11 is 0. The molecule has 15 heavy (non-hydrogen) atoms. The van der Waals surface area contributed by atoms with Crippen molar-refractivity contribution < 1.29 is 19.4 Å². The molecule has 0 radical (unpaired) electrons. The molecule has 0 saturated heterocycles. The van der Waals surface area contributed by atoms with Crippen LogP contribution in [-0.4, -0.2) is 37.0 Å². The molecule has 1 N–H and O–H groups in total. The van der Waals surface area contributed by atoms with Gasteiger partial charge in [0.15, 0.2) is 0 Å². The predicted octanol–water partition coefficient (Wildman–Crippen LogP) is 1.51. The highest BCUT2D eigenvalue weighted by Gasteiger charge is 2.10. The zero-order valence-electron chi connectivity index (χ0n) is 9.70. The number of unbranched alkanes of at least 4 members (excludes halogenated alkanes) is 3. The van der Waals surface area contributed by atoms with Gasteiger partial charge in [0, 0.05) is 13.5 Å². The number of carbonyl (C=O) groups is 1. The molecule has 0 aliphatic heterocycles. The number of ether oxygens (including phenoxy) is 2. The summed E-state index contributed by atoms with van der Waals surface area (Å²) in [5.74, 6) is -0.386. The van der Waals surface area contributed by atoms with Crippen molar-refractivity contribution in [2.75, 3.05) is 19.8 Å². The molecular weight excluding hydrogens is 196 g/mol. The van der Waals surface area contributed by atoms with Gasteiger partial charge in [0.2, 0.25) is 0 Å². The normalized spacial score (nSPS) is 12.5. The number of aliphatic hydroxyl groups is 1. The second kappa shape index (κ2) is 9.93. The standard InChI is InChI=1S/C11H22O4/c1-3-4-5-6-7-14-9-11(8-12)15-10(2)13/h11-12H,3-9H2,1-2H3. The van der Waals surface area contributed by atoms with E-state index in [1.807, 2.05) is 0 Å². The third-order valence-corrected chi connectivity index (χ3v) is 1.98. The molecule has 0 spiro atoms. The molecule has 0 fully saturated rings. The van der Waals surface area contributed by atoms with Crippen LogP contribution in [0.2, 0.25) is 0 Å². The molecule has 0 rings (SSSR count). The summed E-state index contributed by atoms with van der Waals surface area (Å²) in [6, 6.07) is 0. The molecule has 0 heterocycles. The number of aliphatic hydroxyl groups excluding tert-OH is 1. The van der Waals surface area contributed by atoms with Crippen molar-refractivity contribution in [2.24, 2.45) is 0 Å². The van der Waals surface area contributed by atoms with Gasteiger partial charge in [0.1, 0.15) is 6.10 Å². The fraction of sp³-hybridized carbons (Fsp3) is 0.909. The van der Waals surface area contributed by atoms with Crippen LogP contribution < -0.4 is 0 Å². The fourth-order valence-electron chi connectivity index (χ4n) is 1.20. The van der Waals surface area contributed by atoms with Crippen LogP contribution in [0, 0.1) is 0 Å². The molecule has 4 heteroatoms. The first-order valence-corrected chi connectivity index (χ1v) is 5.56. The molecule has 1 atom stereocenters. The molecule has 90 valence electrons. The Bertz CT molecular complexity index is 159. The summed E-state index contributed by atoms with van der Waals surface area (Å²) in [4.78, 5) is 10.6. The maximum absolute atomic E-state index is 10.6. The average Bonchev–Trinajstić information content (AvgIpc) is 2.20. The summed E-state index contributed by atoms with van der Waals surface area (Å²) in [7, 11) is 0. The highest BCUT2D eigenvalue weighted by Crippen LogP contribution is 2.00. The van der Waals surface area contributed by atoms with E-state index in [2.05, 4.69) is 6.92 Å². The lowest BCUT2D eigenvalue weighted by atomic mass is 10.2. The highest BCUT2D eigenvalue weighted by atomic mass is 16.6. The lowest BCUT2D eigenvalue weighted by Crippen LogP contribution is -2.26. The van der Waals surface area contributed by atoms with Crippen molar-refractivity contribution in [1.82, 2.24) is 0 Å². The molecular formula is C11H22O4. The quantitative estimate of drug-likeness (QED) is 0.471. The molecule has 4 nitrogen and oxygen atoms in total. The van der Waals surface area contributed by atoms with Crippen LogP contribution in [0.4, 0.5) is 0 Å². The Balaban J connectivity index is 3.34. The van der Waals surface area contributed by atoms with Crippen LogP contribution in [0.5, 0.6) is 0 Å². The van der Waals surface area contributed by atoms with Crippen molar-refractivity contribution in [3.8, 4) is 0 Å². The van der Waals surface area contributed by atoms with Crippen LogP contribution in [0.1, 0.15) is 39.5 Å². The Labute approximate surface area is 91.6 Å². The van der Waals surface area contributed by atoms with Crippen molar-refractivity contribution in [1.29, 1.82) is 0 Å². The predicted molar refractivity (Wildman–Crippen MR) is 57.6 cm³/mol. The van der Waals surface area contributed by atoms with Gasteiger partial charge in [-0.2, -0.15) is 0 Å². The van der Waals surface area contributed by atoms with E-state index in [0.717, 1.165) is 12.8 Å². The molecule has 0 aliphatic rings. The zero-order chi connectivity index (χ0) is 11.5. The SMILES string of the molecule is CCCCCCOCC(CO)OC(C)=O. The zero-order valence-corrected chi connectivity index (χ0v) is 9.70. The highest BCUT2D eigenvalue weighted by molar-refractivity contribution is 5.66. The minimum Gasteiger partial charge on any atom is -0.458 e. The lowest BCUT2D eigenvalue weighted by Gasteiger charge is -2.14. The van der Waals surface area contributed by atoms with E-state index >= 15 is 0 Å². The Hall–Kier alpha value is -0.610. The Morgan fingerprint density at radius 3 is 2.60 bits per heavy atom. The van der Waals surface area contributed by atoms with Crippen molar-refractivity contribution >= 4 is 5.97 Å². The van der Waals surface area contributed by atoms with Gasteiger partial charge in [0.25, 0.3) is 0 Å². The van der Waals surface area contributed by atoms with Crippen LogP contribution in [0.15, 0.2) is 0 Å². The number of hydrogen-bond donors (Lipinski definition) is 1. The number of carbonyl (C=O) groups excluding carboxylic acids is 1. The van der Waals surface area contributed by atoms with Gasteiger partial charge in [-0.05, 0) is 6.42 Å². The van der Waals surface area contributed by atoms with Gasteiger partial charge in [-0.1, -0.05) is 26.2 Å². The molecule has 0 aromatic carbocycles. The van der Waals surface area contributed by atoms with Crippen molar-refractivity contribution in [3.05, 3.63) is 0 Å². The Morgan fingerprint density at radius 1 is 1.33 bits per heavy atom. The van der Waals surface area contributed by atoms with E-state index in [1.54, 1.807) is 0 Å². The smallest absolute Gasteiger partial charge is 0.303 e. The topological polar surface area (TPSA) is 55.8 Å². The van der Waals surface area contributed by atoms with Crippen LogP contribution in [0.25, 0.3) is 0 Å². The van der Waals surface area contributed by atoms with E-state index < -0.39 is 6.10 Å². The largest absolute Gasteiger partial charge is 0.458 e. The average molecular weight is 218 g/mol. The lowest BCUT2D eigenvalue weighted by molar-refractivity contribution is -0.151. The van der Waals surface area contributed by atoms with Gasteiger partial charge < -0.3 is 14.6 Å². The van der Waals surface area contributed by atoms with E-state index in [-0.39, 0.29) is 19.2 Å². The number of esters is 1. The molecule has 0 amide bonds. The molecule has 1 unspecified atom stereocenters. The first-order chi connectivity index (χ1) is 7.20. The minimum atomic E-state index is -0.520. The first kappa shape index (κ1) is 14.4. The van der Waals surface area contributed by atoms with Crippen LogP contribution >= 0.6 is 0 Å². The first-order valence-electron chi connectivity index (χ1n) is 5.56. The fourth-order valence-corrected chi connectivity index (χ4v) is 1.20. The summed E-state index contributed by atoms with van der Waals surface area (Å²) in [5.41, 5.74) is 0. The molecule has 0 aromatic heterocycles. The number of hydrogen-bond acceptors (Lipinski definition) is 4. The van der Waals surface area contributed by atoms with E-state index in [1.165, 1.54) is 19.8 Å². The second-order valence-corrected chi connectivity index (χ2v) is 3.55. The number of rotatable bonds is 9. The molecule has 0 bridgehead atoms. The van der Waals surface area contributed by atoms with Crippen LogP contribution in [0.3, 0.4) is 0 Å². The molecule has 0 saturated carbocycles.